The van der Waals surface area contributed by atoms with Gasteiger partial charge in [0.25, 0.3) is 5.91 Å². The predicted molar refractivity (Wildman–Crippen MR) is 119 cm³/mol. The number of benzene rings is 1. The van der Waals surface area contributed by atoms with Gasteiger partial charge in [0, 0.05) is 26.6 Å². The molecule has 0 radical (unpaired) electrons. The molecule has 0 saturated heterocycles. The summed E-state index contributed by atoms with van der Waals surface area (Å²) in [5, 5.41) is 9.43. The smallest absolute Gasteiger partial charge is 0.253 e. The molecule has 1 aromatic rings. The van der Waals surface area contributed by atoms with Crippen LogP contribution in [0.1, 0.15) is 48.5 Å². The summed E-state index contributed by atoms with van der Waals surface area (Å²) in [7, 11) is 0. The fourth-order valence-electron chi connectivity index (χ4n) is 3.45. The zero-order valence-corrected chi connectivity index (χ0v) is 18.0. The van der Waals surface area contributed by atoms with Crippen LogP contribution in [0.2, 0.25) is 5.02 Å². The number of hydrogen-bond donors (Lipinski definition) is 3. The molecule has 3 N–H and O–H groups in total. The number of halogens is 1. The van der Waals surface area contributed by atoms with E-state index in [4.69, 9.17) is 11.6 Å². The molecule has 1 aliphatic rings. The molecule has 2 amide bonds. The highest BCUT2D eigenvalue weighted by Crippen LogP contribution is 2.35. The van der Waals surface area contributed by atoms with E-state index in [0.29, 0.717) is 29.6 Å². The van der Waals surface area contributed by atoms with Gasteiger partial charge in [0.2, 0.25) is 5.91 Å². The van der Waals surface area contributed by atoms with Gasteiger partial charge in [0.05, 0.1) is 10.6 Å². The van der Waals surface area contributed by atoms with E-state index in [9.17, 15) is 9.59 Å². The van der Waals surface area contributed by atoms with E-state index in [0.717, 1.165) is 56.3 Å². The number of carbonyl (C=O) groups is 2. The van der Waals surface area contributed by atoms with Crippen molar-refractivity contribution in [3.63, 3.8) is 0 Å². The van der Waals surface area contributed by atoms with Crippen molar-refractivity contribution in [2.75, 3.05) is 26.2 Å². The van der Waals surface area contributed by atoms with Crippen LogP contribution >= 0.6 is 11.6 Å². The highest BCUT2D eigenvalue weighted by molar-refractivity contribution is 6.33. The Balaban J connectivity index is 1.72. The minimum absolute atomic E-state index is 0.0173. The van der Waals surface area contributed by atoms with Gasteiger partial charge in [-0.05, 0) is 62.3 Å². The largest absolute Gasteiger partial charge is 0.355 e. The van der Waals surface area contributed by atoms with E-state index in [2.05, 4.69) is 29.1 Å². The second-order valence-corrected chi connectivity index (χ2v) is 8.22. The van der Waals surface area contributed by atoms with Crippen LogP contribution < -0.4 is 16.0 Å². The van der Waals surface area contributed by atoms with Crippen LogP contribution in [-0.4, -0.2) is 38.0 Å². The lowest BCUT2D eigenvalue weighted by Crippen LogP contribution is -2.30. The van der Waals surface area contributed by atoms with Gasteiger partial charge in [-0.1, -0.05) is 42.0 Å². The molecule has 0 unspecified atom stereocenters. The third kappa shape index (κ3) is 8.42. The lowest BCUT2D eigenvalue weighted by molar-refractivity contribution is -0.118. The van der Waals surface area contributed by atoms with Crippen molar-refractivity contribution in [1.29, 1.82) is 0 Å². The maximum Gasteiger partial charge on any atom is 0.253 e. The van der Waals surface area contributed by atoms with Crippen molar-refractivity contribution in [2.24, 2.45) is 5.92 Å². The van der Waals surface area contributed by atoms with Gasteiger partial charge < -0.3 is 16.0 Å². The van der Waals surface area contributed by atoms with Crippen molar-refractivity contribution >= 4 is 23.4 Å². The maximum atomic E-state index is 12.5. The summed E-state index contributed by atoms with van der Waals surface area (Å²) in [6, 6.07) is 5.61. The first-order chi connectivity index (χ1) is 13.8. The van der Waals surface area contributed by atoms with Crippen LogP contribution in [0.4, 0.5) is 0 Å². The topological polar surface area (TPSA) is 70.2 Å². The molecule has 1 aliphatic carbocycles. The van der Waals surface area contributed by atoms with Crippen molar-refractivity contribution in [3.05, 3.63) is 58.7 Å². The van der Waals surface area contributed by atoms with Gasteiger partial charge in [-0.15, -0.1) is 0 Å². The third-order valence-corrected chi connectivity index (χ3v) is 5.33. The summed E-state index contributed by atoms with van der Waals surface area (Å²) in [6.45, 7) is 12.2. The first-order valence-corrected chi connectivity index (χ1v) is 10.6. The summed E-state index contributed by atoms with van der Waals surface area (Å²) < 4.78 is 0. The zero-order chi connectivity index (χ0) is 21.2. The Bertz CT molecular complexity index is 752. The van der Waals surface area contributed by atoms with Crippen molar-refractivity contribution in [3.8, 4) is 0 Å². The first-order valence-electron chi connectivity index (χ1n) is 10.2. The molecule has 0 heterocycles. The van der Waals surface area contributed by atoms with Crippen LogP contribution in [0.25, 0.3) is 0 Å². The molecule has 1 aromatic carbocycles. The SMILES string of the molecule is C=C(CNC(=O)c1cc(CCCNCCNC(C)=O)ccc1Cl)CC1CC(=C)C1. The monoisotopic (exact) mass is 417 g/mol. The second-order valence-electron chi connectivity index (χ2n) is 7.81. The number of carbonyl (C=O) groups excluding carboxylic acids is 2. The van der Waals surface area contributed by atoms with E-state index >= 15 is 0 Å². The summed E-state index contributed by atoms with van der Waals surface area (Å²) >= 11 is 6.24. The molecule has 0 aliphatic heterocycles. The third-order valence-electron chi connectivity index (χ3n) is 5.00. The summed E-state index contributed by atoms with van der Waals surface area (Å²) in [5.74, 6) is 0.450. The standard InChI is InChI=1S/C23H32ClN3O2/c1-16-11-20(12-16)13-17(2)15-27-23(29)21-14-19(6-7-22(21)24)5-4-8-25-9-10-26-18(3)28/h6-7,14,20,25H,1-2,4-5,8-13,15H2,3H3,(H,26,28)(H,27,29). The van der Waals surface area contributed by atoms with E-state index < -0.39 is 0 Å². The van der Waals surface area contributed by atoms with Crippen molar-refractivity contribution < 1.29 is 9.59 Å². The minimum Gasteiger partial charge on any atom is -0.355 e. The van der Waals surface area contributed by atoms with Crippen LogP contribution in [0, 0.1) is 5.92 Å². The van der Waals surface area contributed by atoms with Crippen molar-refractivity contribution in [2.45, 2.75) is 39.0 Å². The van der Waals surface area contributed by atoms with E-state index in [1.54, 1.807) is 6.07 Å². The lowest BCUT2D eigenvalue weighted by atomic mass is 9.77. The van der Waals surface area contributed by atoms with E-state index in [1.807, 2.05) is 12.1 Å². The number of amides is 2. The summed E-state index contributed by atoms with van der Waals surface area (Å²) in [4.78, 5) is 23.3. The van der Waals surface area contributed by atoms with Gasteiger partial charge in [0.1, 0.15) is 0 Å². The molecule has 2 rings (SSSR count). The van der Waals surface area contributed by atoms with Gasteiger partial charge >= 0.3 is 0 Å². The lowest BCUT2D eigenvalue weighted by Gasteiger charge is -2.29. The molecule has 6 heteroatoms. The molecule has 5 nitrogen and oxygen atoms in total. The highest BCUT2D eigenvalue weighted by Gasteiger charge is 2.22. The Morgan fingerprint density at radius 1 is 1.17 bits per heavy atom. The molecule has 0 aromatic heterocycles. The Labute approximate surface area is 179 Å². The molecule has 0 atom stereocenters. The quantitative estimate of drug-likeness (QED) is 0.359. The fraction of sp³-hybridized carbons (Fsp3) is 0.478. The Hall–Kier alpha value is -2.11. The normalized spacial score (nSPS) is 13.7. The molecule has 1 saturated carbocycles. The summed E-state index contributed by atoms with van der Waals surface area (Å²) in [5.41, 5.74) is 3.93. The van der Waals surface area contributed by atoms with Crippen LogP contribution in [-0.2, 0) is 11.2 Å². The minimum atomic E-state index is -0.163. The van der Waals surface area contributed by atoms with Gasteiger partial charge in [-0.25, -0.2) is 0 Å². The predicted octanol–water partition coefficient (Wildman–Crippen LogP) is 3.64. The fourth-order valence-corrected chi connectivity index (χ4v) is 3.66. The average molecular weight is 418 g/mol. The number of nitrogens with one attached hydrogen (secondary N) is 3. The number of aryl methyl sites for hydroxylation is 1. The van der Waals surface area contributed by atoms with Crippen molar-refractivity contribution in [1.82, 2.24) is 16.0 Å². The van der Waals surface area contributed by atoms with Gasteiger partial charge in [-0.2, -0.15) is 0 Å². The molecular weight excluding hydrogens is 386 g/mol. The summed E-state index contributed by atoms with van der Waals surface area (Å²) in [6.07, 6.45) is 4.86. The average Bonchev–Trinajstić information content (AvgIpc) is 2.65. The molecule has 1 fully saturated rings. The Morgan fingerprint density at radius 3 is 2.62 bits per heavy atom. The zero-order valence-electron chi connectivity index (χ0n) is 17.3. The van der Waals surface area contributed by atoms with E-state index in [-0.39, 0.29) is 11.8 Å². The Kier molecular flexibility index (Phi) is 9.42. The van der Waals surface area contributed by atoms with Gasteiger partial charge in [-0.3, -0.25) is 9.59 Å². The van der Waals surface area contributed by atoms with E-state index in [1.165, 1.54) is 12.5 Å². The second kappa shape index (κ2) is 11.8. The van der Waals surface area contributed by atoms with Crippen LogP contribution in [0.3, 0.4) is 0 Å². The molecule has 29 heavy (non-hydrogen) atoms. The molecule has 0 bridgehead atoms. The molecule has 158 valence electrons. The molecular formula is C23H32ClN3O2. The Morgan fingerprint density at radius 2 is 1.93 bits per heavy atom. The first kappa shape index (κ1) is 23.2. The molecule has 0 spiro atoms. The maximum absolute atomic E-state index is 12.5. The van der Waals surface area contributed by atoms with Crippen LogP contribution in [0.15, 0.2) is 42.5 Å². The van der Waals surface area contributed by atoms with Crippen LogP contribution in [0.5, 0.6) is 0 Å². The number of hydrogen-bond acceptors (Lipinski definition) is 3. The number of rotatable bonds is 12. The highest BCUT2D eigenvalue weighted by atomic mass is 35.5. The number of allylic oxidation sites excluding steroid dienone is 1. The van der Waals surface area contributed by atoms with Gasteiger partial charge in [0.15, 0.2) is 0 Å².